The lowest BCUT2D eigenvalue weighted by molar-refractivity contribution is 0.0881. The Morgan fingerprint density at radius 1 is 1.02 bits per heavy atom. The SMILES string of the molecule is C=CCCC(C(=C)NC)N(C)Cc1cc(CCC2CCCCN2CC2CCN(Cc3ccccc3)CC2)ccc1C=C. The fraction of sp³-hybridized carbons (Fsp3) is 0.526. The van der Waals surface area contributed by atoms with Crippen LogP contribution in [0.5, 0.6) is 0 Å². The molecule has 0 aromatic heterocycles. The topological polar surface area (TPSA) is 21.8 Å². The Bertz CT molecular complexity index is 1120. The first-order chi connectivity index (χ1) is 20.5. The fourth-order valence-corrected chi connectivity index (χ4v) is 7.09. The number of piperidine rings is 2. The zero-order chi connectivity index (χ0) is 29.7. The molecule has 2 heterocycles. The number of nitrogens with zero attached hydrogens (tertiary/aromatic N) is 3. The molecule has 4 nitrogen and oxygen atoms in total. The van der Waals surface area contributed by atoms with E-state index in [4.69, 9.17) is 0 Å². The number of nitrogens with one attached hydrogen (secondary N) is 1. The van der Waals surface area contributed by atoms with Gasteiger partial charge in [0.15, 0.2) is 0 Å². The van der Waals surface area contributed by atoms with Gasteiger partial charge in [-0.1, -0.05) is 80.3 Å². The van der Waals surface area contributed by atoms with Crippen LogP contribution in [0, 0.1) is 5.92 Å². The first-order valence-electron chi connectivity index (χ1n) is 16.4. The lowest BCUT2D eigenvalue weighted by atomic mass is 9.91. The normalized spacial score (nSPS) is 19.5. The lowest BCUT2D eigenvalue weighted by Gasteiger charge is -2.40. The molecule has 2 aliphatic heterocycles. The molecular weight excluding hydrogens is 512 g/mol. The maximum Gasteiger partial charge on any atom is 0.0492 e. The highest BCUT2D eigenvalue weighted by molar-refractivity contribution is 5.53. The van der Waals surface area contributed by atoms with Gasteiger partial charge in [-0.25, -0.2) is 0 Å². The van der Waals surface area contributed by atoms with E-state index in [9.17, 15) is 0 Å². The number of likely N-dealkylation sites (N-methyl/N-ethyl adjacent to an activating group) is 2. The van der Waals surface area contributed by atoms with Crippen molar-refractivity contribution in [3.05, 3.63) is 102 Å². The molecule has 0 aliphatic carbocycles. The van der Waals surface area contributed by atoms with Gasteiger partial charge in [0.05, 0.1) is 0 Å². The molecule has 1 N–H and O–H groups in total. The smallest absolute Gasteiger partial charge is 0.0492 e. The molecule has 4 rings (SSSR count). The zero-order valence-electron chi connectivity index (χ0n) is 26.6. The lowest BCUT2D eigenvalue weighted by Crippen LogP contribution is -2.45. The second kappa shape index (κ2) is 16.8. The van der Waals surface area contributed by atoms with Crippen LogP contribution in [0.15, 0.2) is 80.0 Å². The van der Waals surface area contributed by atoms with Gasteiger partial charge >= 0.3 is 0 Å². The molecule has 2 atom stereocenters. The summed E-state index contributed by atoms with van der Waals surface area (Å²) in [6.45, 7) is 19.4. The molecule has 0 radical (unpaired) electrons. The fourth-order valence-electron chi connectivity index (χ4n) is 7.09. The van der Waals surface area contributed by atoms with Gasteiger partial charge in [-0.2, -0.15) is 0 Å². The number of hydrogen-bond donors (Lipinski definition) is 1. The first kappa shape index (κ1) is 32.3. The number of hydrogen-bond acceptors (Lipinski definition) is 4. The van der Waals surface area contributed by atoms with Crippen LogP contribution in [-0.4, -0.2) is 67.1 Å². The Balaban J connectivity index is 1.31. The Hall–Kier alpha value is -2.66. The zero-order valence-corrected chi connectivity index (χ0v) is 26.6. The van der Waals surface area contributed by atoms with Crippen LogP contribution in [0.25, 0.3) is 6.08 Å². The molecule has 2 fully saturated rings. The number of rotatable bonds is 16. The Morgan fingerprint density at radius 2 is 1.81 bits per heavy atom. The highest BCUT2D eigenvalue weighted by Crippen LogP contribution is 2.27. The summed E-state index contributed by atoms with van der Waals surface area (Å²) in [6, 6.07) is 19.0. The molecule has 2 unspecified atom stereocenters. The summed E-state index contributed by atoms with van der Waals surface area (Å²) in [7, 11) is 4.18. The van der Waals surface area contributed by atoms with E-state index in [0.29, 0.717) is 6.04 Å². The predicted molar refractivity (Wildman–Crippen MR) is 181 cm³/mol. The summed E-state index contributed by atoms with van der Waals surface area (Å²) in [5.41, 5.74) is 6.56. The molecule has 4 heteroatoms. The van der Waals surface area contributed by atoms with Gasteiger partial charge < -0.3 is 10.2 Å². The van der Waals surface area contributed by atoms with Crippen molar-refractivity contribution in [2.24, 2.45) is 5.92 Å². The maximum absolute atomic E-state index is 4.29. The maximum atomic E-state index is 4.29. The minimum absolute atomic E-state index is 0.273. The monoisotopic (exact) mass is 568 g/mol. The minimum Gasteiger partial charge on any atom is -0.391 e. The van der Waals surface area contributed by atoms with Crippen LogP contribution in [0.1, 0.15) is 73.6 Å². The van der Waals surface area contributed by atoms with E-state index in [-0.39, 0.29) is 6.04 Å². The van der Waals surface area contributed by atoms with E-state index in [1.54, 1.807) is 0 Å². The van der Waals surface area contributed by atoms with Crippen molar-refractivity contribution in [3.8, 4) is 0 Å². The van der Waals surface area contributed by atoms with Crippen LogP contribution < -0.4 is 5.32 Å². The van der Waals surface area contributed by atoms with Crippen LogP contribution in [-0.2, 0) is 19.5 Å². The second-order valence-electron chi connectivity index (χ2n) is 12.7. The van der Waals surface area contributed by atoms with E-state index < -0.39 is 0 Å². The Labute approximate surface area is 257 Å². The quantitative estimate of drug-likeness (QED) is 0.211. The van der Waals surface area contributed by atoms with E-state index in [1.807, 2.05) is 19.2 Å². The highest BCUT2D eigenvalue weighted by Gasteiger charge is 2.27. The van der Waals surface area contributed by atoms with E-state index in [2.05, 4.69) is 95.3 Å². The molecule has 2 saturated heterocycles. The first-order valence-corrected chi connectivity index (χ1v) is 16.4. The molecule has 0 bridgehead atoms. The molecule has 2 aromatic rings. The van der Waals surface area contributed by atoms with Crippen molar-refractivity contribution in [3.63, 3.8) is 0 Å². The van der Waals surface area contributed by atoms with Gasteiger partial charge in [-0.05, 0) is 106 Å². The van der Waals surface area contributed by atoms with Crippen LogP contribution in [0.4, 0.5) is 0 Å². The number of likely N-dealkylation sites (tertiary alicyclic amines) is 2. The third-order valence-corrected chi connectivity index (χ3v) is 9.71. The summed E-state index contributed by atoms with van der Waals surface area (Å²) in [5, 5.41) is 3.28. The van der Waals surface area contributed by atoms with Crippen LogP contribution in [0.3, 0.4) is 0 Å². The van der Waals surface area contributed by atoms with E-state index >= 15 is 0 Å². The molecule has 42 heavy (non-hydrogen) atoms. The average molecular weight is 569 g/mol. The largest absolute Gasteiger partial charge is 0.391 e. The summed E-state index contributed by atoms with van der Waals surface area (Å²) in [5.74, 6) is 0.841. The van der Waals surface area contributed by atoms with Crippen molar-refractivity contribution < 1.29 is 0 Å². The van der Waals surface area contributed by atoms with Crippen LogP contribution in [0.2, 0.25) is 0 Å². The average Bonchev–Trinajstić information content (AvgIpc) is 3.02. The summed E-state index contributed by atoms with van der Waals surface area (Å²) in [4.78, 5) is 7.93. The summed E-state index contributed by atoms with van der Waals surface area (Å²) < 4.78 is 0. The Kier molecular flexibility index (Phi) is 12.9. The molecule has 0 saturated carbocycles. The molecule has 2 aliphatic rings. The molecule has 228 valence electrons. The van der Waals surface area contributed by atoms with Crippen LogP contribution >= 0.6 is 0 Å². The number of allylic oxidation sites excluding steroid dienone is 1. The van der Waals surface area contributed by atoms with Gasteiger partial charge in [0.1, 0.15) is 0 Å². The third kappa shape index (κ3) is 9.42. The predicted octanol–water partition coefficient (Wildman–Crippen LogP) is 7.53. The molecule has 2 aromatic carbocycles. The second-order valence-corrected chi connectivity index (χ2v) is 12.7. The summed E-state index contributed by atoms with van der Waals surface area (Å²) in [6.07, 6.45) is 15.2. The molecule has 0 amide bonds. The molecule has 0 spiro atoms. The number of aryl methyl sites for hydroxylation is 1. The van der Waals surface area contributed by atoms with Crippen molar-refractivity contribution in [2.75, 3.05) is 40.3 Å². The van der Waals surface area contributed by atoms with Crippen molar-refractivity contribution in [1.82, 2.24) is 20.0 Å². The highest BCUT2D eigenvalue weighted by atomic mass is 15.2. The van der Waals surface area contributed by atoms with E-state index in [1.165, 1.54) is 87.0 Å². The molecular formula is C38H56N4. The minimum atomic E-state index is 0.273. The van der Waals surface area contributed by atoms with Crippen molar-refractivity contribution >= 4 is 6.08 Å². The van der Waals surface area contributed by atoms with E-state index in [0.717, 1.165) is 44.0 Å². The van der Waals surface area contributed by atoms with Gasteiger partial charge in [0.2, 0.25) is 0 Å². The van der Waals surface area contributed by atoms with Gasteiger partial charge in [0.25, 0.3) is 0 Å². The van der Waals surface area contributed by atoms with Gasteiger partial charge in [-0.15, -0.1) is 6.58 Å². The van der Waals surface area contributed by atoms with Gasteiger partial charge in [-0.3, -0.25) is 9.80 Å². The van der Waals surface area contributed by atoms with Crippen molar-refractivity contribution in [2.45, 2.75) is 83.0 Å². The standard InChI is InChI=1S/C38H56N4/c1-6-8-17-38(31(3)39-4)40(5)30-36-27-32(18-20-35(36)7-2)19-21-37-16-12-13-24-42(37)29-34-22-25-41(26-23-34)28-33-14-10-9-11-15-33/h6-7,9-11,14-15,18,20,27,34,37-39H,1-3,8,12-13,16-17,19,21-26,28-30H2,4-5H3. The van der Waals surface area contributed by atoms with Gasteiger partial charge in [0, 0.05) is 44.5 Å². The number of benzene rings is 2. The summed E-state index contributed by atoms with van der Waals surface area (Å²) >= 11 is 0. The third-order valence-electron chi connectivity index (χ3n) is 9.71. The van der Waals surface area contributed by atoms with Crippen molar-refractivity contribution in [1.29, 1.82) is 0 Å². The Morgan fingerprint density at radius 3 is 2.52 bits per heavy atom.